The summed E-state index contributed by atoms with van der Waals surface area (Å²) in [6.07, 6.45) is 5.56. The van der Waals surface area contributed by atoms with Gasteiger partial charge in [-0.05, 0) is 50.2 Å². The fourth-order valence-corrected chi connectivity index (χ4v) is 3.21. The predicted octanol–water partition coefficient (Wildman–Crippen LogP) is 3.02. The second-order valence-corrected chi connectivity index (χ2v) is 6.19. The van der Waals surface area contributed by atoms with E-state index in [4.69, 9.17) is 15.2 Å². The summed E-state index contributed by atoms with van der Waals surface area (Å²) < 4.78 is 5.96. The lowest BCUT2D eigenvalue weighted by atomic mass is 9.96. The maximum absolute atomic E-state index is 5.96. The van der Waals surface area contributed by atoms with Crippen molar-refractivity contribution >= 4 is 5.82 Å². The molecule has 2 unspecified atom stereocenters. The van der Waals surface area contributed by atoms with Crippen molar-refractivity contribution in [3.63, 3.8) is 0 Å². The normalized spacial score (nSPS) is 23.7. The van der Waals surface area contributed by atoms with Gasteiger partial charge >= 0.3 is 0 Å². The summed E-state index contributed by atoms with van der Waals surface area (Å²) >= 11 is 0. The number of aromatic nitrogens is 2. The number of nitrogen functional groups attached to an aromatic ring is 1. The molecule has 0 amide bonds. The minimum atomic E-state index is 0.573. The first-order chi connectivity index (χ1) is 10.3. The smallest absolute Gasteiger partial charge is 0.197 e. The van der Waals surface area contributed by atoms with E-state index in [1.807, 2.05) is 6.07 Å². The molecular weight excluding hydrogens is 264 g/mol. The van der Waals surface area contributed by atoms with E-state index in [1.54, 1.807) is 0 Å². The van der Waals surface area contributed by atoms with Gasteiger partial charge in [-0.1, -0.05) is 6.92 Å². The molecule has 1 fully saturated rings. The first kappa shape index (κ1) is 12.8. The standard InChI is InChI=1S/C16H20N4O/c1-9-8-11(9)13-6-7-14(21-13)16-18-12-5-3-2-4-10(12)15(19-16)20-17/h6-7,9,11H,2-5,8,17H2,1H3,(H,18,19,20). The van der Waals surface area contributed by atoms with Crippen LogP contribution in [0.4, 0.5) is 5.82 Å². The monoisotopic (exact) mass is 284 g/mol. The van der Waals surface area contributed by atoms with Crippen molar-refractivity contribution in [1.29, 1.82) is 0 Å². The average molecular weight is 284 g/mol. The van der Waals surface area contributed by atoms with Crippen LogP contribution in [-0.4, -0.2) is 9.97 Å². The lowest BCUT2D eigenvalue weighted by Gasteiger charge is -2.18. The Bertz CT molecular complexity index is 662. The molecule has 0 bridgehead atoms. The van der Waals surface area contributed by atoms with Crippen LogP contribution < -0.4 is 11.3 Å². The van der Waals surface area contributed by atoms with Gasteiger partial charge in [0, 0.05) is 17.2 Å². The number of nitrogens with zero attached hydrogens (tertiary/aromatic N) is 2. The van der Waals surface area contributed by atoms with E-state index in [0.29, 0.717) is 11.7 Å². The van der Waals surface area contributed by atoms with Crippen LogP contribution in [0.2, 0.25) is 0 Å². The van der Waals surface area contributed by atoms with E-state index in [2.05, 4.69) is 23.4 Å². The highest BCUT2D eigenvalue weighted by Crippen LogP contribution is 2.48. The third-order valence-corrected chi connectivity index (χ3v) is 4.64. The Morgan fingerprint density at radius 3 is 2.81 bits per heavy atom. The zero-order valence-corrected chi connectivity index (χ0v) is 12.2. The summed E-state index contributed by atoms with van der Waals surface area (Å²) in [7, 11) is 0. The molecule has 2 atom stereocenters. The van der Waals surface area contributed by atoms with Gasteiger partial charge in [-0.15, -0.1) is 0 Å². The number of nitrogens with one attached hydrogen (secondary N) is 1. The second-order valence-electron chi connectivity index (χ2n) is 6.19. The molecule has 5 nitrogen and oxygen atoms in total. The third-order valence-electron chi connectivity index (χ3n) is 4.64. The van der Waals surface area contributed by atoms with Crippen LogP contribution in [0.3, 0.4) is 0 Å². The topological polar surface area (TPSA) is 77.0 Å². The van der Waals surface area contributed by atoms with Gasteiger partial charge in [-0.3, -0.25) is 0 Å². The molecule has 0 aromatic carbocycles. The summed E-state index contributed by atoms with van der Waals surface area (Å²) in [6.45, 7) is 2.25. The van der Waals surface area contributed by atoms with E-state index in [9.17, 15) is 0 Å². The number of hydrogen-bond donors (Lipinski definition) is 2. The van der Waals surface area contributed by atoms with Crippen molar-refractivity contribution in [3.8, 4) is 11.6 Å². The van der Waals surface area contributed by atoms with Crippen molar-refractivity contribution in [2.45, 2.75) is 44.9 Å². The number of nitrogens with two attached hydrogens (primary N) is 1. The van der Waals surface area contributed by atoms with Gasteiger partial charge in [0.25, 0.3) is 0 Å². The molecule has 2 aliphatic rings. The van der Waals surface area contributed by atoms with Crippen molar-refractivity contribution in [3.05, 3.63) is 29.2 Å². The van der Waals surface area contributed by atoms with Gasteiger partial charge in [0.05, 0.1) is 0 Å². The van der Waals surface area contributed by atoms with Gasteiger partial charge in [0.1, 0.15) is 11.6 Å². The molecule has 2 aromatic rings. The number of hydrogen-bond acceptors (Lipinski definition) is 5. The quantitative estimate of drug-likeness (QED) is 0.669. The van der Waals surface area contributed by atoms with Crippen LogP contribution in [0.25, 0.3) is 11.6 Å². The lowest BCUT2D eigenvalue weighted by molar-refractivity contribution is 0.514. The molecule has 5 heteroatoms. The molecule has 3 N–H and O–H groups in total. The van der Waals surface area contributed by atoms with Crippen LogP contribution >= 0.6 is 0 Å². The summed E-state index contributed by atoms with van der Waals surface area (Å²) in [5.74, 6) is 10.1. The summed E-state index contributed by atoms with van der Waals surface area (Å²) in [6, 6.07) is 4.03. The SMILES string of the molecule is CC1CC1c1ccc(-c2nc3c(c(NN)n2)CCCC3)o1. The van der Waals surface area contributed by atoms with Crippen LogP contribution in [-0.2, 0) is 12.8 Å². The molecule has 4 rings (SSSR count). The zero-order valence-electron chi connectivity index (χ0n) is 12.2. The number of rotatable bonds is 3. The maximum atomic E-state index is 5.96. The van der Waals surface area contributed by atoms with Crippen LogP contribution in [0.15, 0.2) is 16.5 Å². The first-order valence-corrected chi connectivity index (χ1v) is 7.72. The summed E-state index contributed by atoms with van der Waals surface area (Å²) in [5, 5.41) is 0. The van der Waals surface area contributed by atoms with Crippen molar-refractivity contribution in [2.24, 2.45) is 11.8 Å². The highest BCUT2D eigenvalue weighted by molar-refractivity contribution is 5.56. The average Bonchev–Trinajstić information content (AvgIpc) is 3.05. The number of furan rings is 1. The highest BCUT2D eigenvalue weighted by atomic mass is 16.3. The molecule has 0 radical (unpaired) electrons. The van der Waals surface area contributed by atoms with E-state index < -0.39 is 0 Å². The number of aryl methyl sites for hydroxylation is 1. The molecular formula is C16H20N4O. The van der Waals surface area contributed by atoms with Crippen LogP contribution in [0.1, 0.15) is 49.1 Å². The Balaban J connectivity index is 1.72. The molecule has 0 spiro atoms. The maximum Gasteiger partial charge on any atom is 0.197 e. The molecule has 1 saturated carbocycles. The van der Waals surface area contributed by atoms with Crippen LogP contribution in [0.5, 0.6) is 0 Å². The van der Waals surface area contributed by atoms with Crippen molar-refractivity contribution in [2.75, 3.05) is 5.43 Å². The fraction of sp³-hybridized carbons (Fsp3) is 0.500. The van der Waals surface area contributed by atoms with Gasteiger partial charge in [0.2, 0.25) is 0 Å². The minimum Gasteiger partial charge on any atom is -0.457 e. The molecule has 2 aliphatic carbocycles. The molecule has 110 valence electrons. The van der Waals surface area contributed by atoms with Gasteiger partial charge in [0.15, 0.2) is 11.6 Å². The number of hydrazine groups is 1. The Morgan fingerprint density at radius 2 is 2.05 bits per heavy atom. The van der Waals surface area contributed by atoms with Crippen molar-refractivity contribution < 1.29 is 4.42 Å². The molecule has 0 saturated heterocycles. The van der Waals surface area contributed by atoms with Gasteiger partial charge < -0.3 is 9.84 Å². The van der Waals surface area contributed by atoms with Crippen LogP contribution in [0, 0.1) is 5.92 Å². The Hall–Kier alpha value is -1.88. The van der Waals surface area contributed by atoms with Crippen molar-refractivity contribution in [1.82, 2.24) is 9.97 Å². The second kappa shape index (κ2) is 4.84. The van der Waals surface area contributed by atoms with Gasteiger partial charge in [-0.2, -0.15) is 0 Å². The first-order valence-electron chi connectivity index (χ1n) is 7.72. The summed E-state index contributed by atoms with van der Waals surface area (Å²) in [4.78, 5) is 9.25. The lowest BCUT2D eigenvalue weighted by Crippen LogP contribution is -2.17. The fourth-order valence-electron chi connectivity index (χ4n) is 3.21. The number of anilines is 1. The molecule has 0 aliphatic heterocycles. The van der Waals surface area contributed by atoms with Gasteiger partial charge in [-0.25, -0.2) is 15.8 Å². The van der Waals surface area contributed by atoms with E-state index in [-0.39, 0.29) is 0 Å². The highest BCUT2D eigenvalue weighted by Gasteiger charge is 2.36. The summed E-state index contributed by atoms with van der Waals surface area (Å²) in [5.41, 5.74) is 4.99. The zero-order chi connectivity index (χ0) is 14.4. The van der Waals surface area contributed by atoms with E-state index >= 15 is 0 Å². The molecule has 2 aromatic heterocycles. The third kappa shape index (κ3) is 2.21. The Kier molecular flexibility index (Phi) is 2.96. The molecule has 21 heavy (non-hydrogen) atoms. The van der Waals surface area contributed by atoms with E-state index in [1.165, 1.54) is 19.3 Å². The minimum absolute atomic E-state index is 0.573. The van der Waals surface area contributed by atoms with E-state index in [0.717, 1.165) is 47.4 Å². The number of fused-ring (bicyclic) bond motifs is 1. The largest absolute Gasteiger partial charge is 0.457 e. The predicted molar refractivity (Wildman–Crippen MR) is 80.7 cm³/mol. The Morgan fingerprint density at radius 1 is 1.24 bits per heavy atom. The molecule has 2 heterocycles. The Labute approximate surface area is 123 Å².